The third-order valence-electron chi connectivity index (χ3n) is 4.28. The van der Waals surface area contributed by atoms with Crippen molar-refractivity contribution in [2.45, 2.75) is 32.9 Å². The Labute approximate surface area is 127 Å². The van der Waals surface area contributed by atoms with Crippen molar-refractivity contribution in [1.82, 2.24) is 9.80 Å². The van der Waals surface area contributed by atoms with E-state index in [0.717, 1.165) is 18.7 Å². The molecule has 116 valence electrons. The number of anilines is 2. The molecule has 2 unspecified atom stereocenters. The van der Waals surface area contributed by atoms with Gasteiger partial charge in [0.1, 0.15) is 0 Å². The Morgan fingerprint density at radius 1 is 1.33 bits per heavy atom. The molecule has 1 aliphatic rings. The second kappa shape index (κ2) is 6.45. The SMILES string of the molecule is Cc1ccc(NC(=O)CN2CC(C)N(C)C(C)C2)c(N)c1. The van der Waals surface area contributed by atoms with Crippen molar-refractivity contribution in [3.63, 3.8) is 0 Å². The number of piperazine rings is 1. The highest BCUT2D eigenvalue weighted by Crippen LogP contribution is 2.19. The van der Waals surface area contributed by atoms with Gasteiger partial charge < -0.3 is 11.1 Å². The molecule has 0 aromatic heterocycles. The summed E-state index contributed by atoms with van der Waals surface area (Å²) in [6.07, 6.45) is 0. The monoisotopic (exact) mass is 290 g/mol. The number of benzene rings is 1. The predicted molar refractivity (Wildman–Crippen MR) is 87.3 cm³/mol. The first-order valence-corrected chi connectivity index (χ1v) is 7.47. The van der Waals surface area contributed by atoms with Crippen LogP contribution in [0.25, 0.3) is 0 Å². The molecule has 1 aromatic carbocycles. The first kappa shape index (κ1) is 15.8. The largest absolute Gasteiger partial charge is 0.397 e. The molecule has 1 aromatic rings. The van der Waals surface area contributed by atoms with Crippen LogP contribution in [0.5, 0.6) is 0 Å². The molecule has 2 atom stereocenters. The zero-order chi connectivity index (χ0) is 15.6. The average Bonchev–Trinajstić information content (AvgIpc) is 2.39. The normalized spacial score (nSPS) is 24.0. The van der Waals surface area contributed by atoms with Crippen molar-refractivity contribution in [3.8, 4) is 0 Å². The molecule has 1 fully saturated rings. The van der Waals surface area contributed by atoms with Crippen LogP contribution in [-0.2, 0) is 4.79 Å². The number of hydrogen-bond donors (Lipinski definition) is 2. The van der Waals surface area contributed by atoms with Gasteiger partial charge in [-0.3, -0.25) is 14.6 Å². The molecule has 1 heterocycles. The average molecular weight is 290 g/mol. The van der Waals surface area contributed by atoms with Crippen LogP contribution in [0.15, 0.2) is 18.2 Å². The van der Waals surface area contributed by atoms with Gasteiger partial charge in [0, 0.05) is 25.2 Å². The Bertz CT molecular complexity index is 505. The predicted octanol–water partition coefficient (Wildman–Crippen LogP) is 1.54. The van der Waals surface area contributed by atoms with Gasteiger partial charge in [-0.25, -0.2) is 0 Å². The maximum Gasteiger partial charge on any atom is 0.238 e. The molecule has 21 heavy (non-hydrogen) atoms. The fourth-order valence-electron chi connectivity index (χ4n) is 2.83. The molecule has 2 rings (SSSR count). The van der Waals surface area contributed by atoms with Crippen LogP contribution in [-0.4, -0.2) is 54.5 Å². The summed E-state index contributed by atoms with van der Waals surface area (Å²) in [6, 6.07) is 6.61. The van der Waals surface area contributed by atoms with Crippen molar-refractivity contribution < 1.29 is 4.79 Å². The highest BCUT2D eigenvalue weighted by Gasteiger charge is 2.27. The summed E-state index contributed by atoms with van der Waals surface area (Å²) in [7, 11) is 2.14. The van der Waals surface area contributed by atoms with E-state index in [2.05, 4.69) is 36.0 Å². The van der Waals surface area contributed by atoms with E-state index in [4.69, 9.17) is 5.73 Å². The summed E-state index contributed by atoms with van der Waals surface area (Å²) in [4.78, 5) is 16.7. The quantitative estimate of drug-likeness (QED) is 0.829. The summed E-state index contributed by atoms with van der Waals surface area (Å²) in [5, 5.41) is 2.91. The minimum atomic E-state index is -0.00509. The second-order valence-electron chi connectivity index (χ2n) is 6.20. The van der Waals surface area contributed by atoms with Crippen LogP contribution >= 0.6 is 0 Å². The molecule has 1 amide bonds. The van der Waals surface area contributed by atoms with E-state index in [1.165, 1.54) is 0 Å². The molecule has 5 nitrogen and oxygen atoms in total. The highest BCUT2D eigenvalue weighted by atomic mass is 16.2. The van der Waals surface area contributed by atoms with E-state index >= 15 is 0 Å². The molecule has 1 aliphatic heterocycles. The van der Waals surface area contributed by atoms with Gasteiger partial charge in [0.2, 0.25) is 5.91 Å². The first-order chi connectivity index (χ1) is 9.86. The molecule has 3 N–H and O–H groups in total. The van der Waals surface area contributed by atoms with Crippen LogP contribution in [0.1, 0.15) is 19.4 Å². The van der Waals surface area contributed by atoms with Gasteiger partial charge >= 0.3 is 0 Å². The summed E-state index contributed by atoms with van der Waals surface area (Å²) in [6.45, 7) is 8.61. The van der Waals surface area contributed by atoms with Crippen molar-refractivity contribution in [3.05, 3.63) is 23.8 Å². The van der Waals surface area contributed by atoms with Gasteiger partial charge in [-0.15, -0.1) is 0 Å². The van der Waals surface area contributed by atoms with Crippen molar-refractivity contribution in [2.24, 2.45) is 0 Å². The van der Waals surface area contributed by atoms with E-state index in [1.54, 1.807) is 0 Å². The van der Waals surface area contributed by atoms with Crippen LogP contribution in [0.3, 0.4) is 0 Å². The van der Waals surface area contributed by atoms with Crippen molar-refractivity contribution in [2.75, 3.05) is 37.7 Å². The van der Waals surface area contributed by atoms with E-state index in [9.17, 15) is 4.79 Å². The number of hydrogen-bond acceptors (Lipinski definition) is 4. The summed E-state index contributed by atoms with van der Waals surface area (Å²) in [5.74, 6) is -0.00509. The van der Waals surface area contributed by atoms with Crippen LogP contribution in [0.4, 0.5) is 11.4 Å². The number of nitrogens with two attached hydrogens (primary N) is 1. The Morgan fingerprint density at radius 3 is 2.52 bits per heavy atom. The van der Waals surface area contributed by atoms with E-state index < -0.39 is 0 Å². The Morgan fingerprint density at radius 2 is 1.95 bits per heavy atom. The molecular formula is C16H26N4O. The third-order valence-corrected chi connectivity index (χ3v) is 4.28. The van der Waals surface area contributed by atoms with Crippen molar-refractivity contribution in [1.29, 1.82) is 0 Å². The zero-order valence-electron chi connectivity index (χ0n) is 13.4. The van der Waals surface area contributed by atoms with Crippen LogP contribution in [0, 0.1) is 6.92 Å². The molecule has 1 saturated heterocycles. The Balaban J connectivity index is 1.93. The number of nitrogens with zero attached hydrogens (tertiary/aromatic N) is 2. The van der Waals surface area contributed by atoms with E-state index in [1.807, 2.05) is 25.1 Å². The second-order valence-corrected chi connectivity index (χ2v) is 6.20. The molecule has 0 spiro atoms. The minimum Gasteiger partial charge on any atom is -0.397 e. The smallest absolute Gasteiger partial charge is 0.238 e. The van der Waals surface area contributed by atoms with E-state index in [0.29, 0.717) is 30.0 Å². The first-order valence-electron chi connectivity index (χ1n) is 7.47. The van der Waals surface area contributed by atoms with E-state index in [-0.39, 0.29) is 5.91 Å². The topological polar surface area (TPSA) is 61.6 Å². The number of likely N-dealkylation sites (N-methyl/N-ethyl adjacent to an activating group) is 1. The number of rotatable bonds is 3. The Kier molecular flexibility index (Phi) is 4.85. The minimum absolute atomic E-state index is 0.00509. The maximum atomic E-state index is 12.2. The molecule has 0 aliphatic carbocycles. The molecule has 0 radical (unpaired) electrons. The number of carbonyl (C=O) groups is 1. The Hall–Kier alpha value is -1.59. The molecule has 5 heteroatoms. The summed E-state index contributed by atoms with van der Waals surface area (Å²) < 4.78 is 0. The number of nitrogen functional groups attached to an aromatic ring is 1. The lowest BCUT2D eigenvalue weighted by molar-refractivity contribution is -0.118. The number of amides is 1. The van der Waals surface area contributed by atoms with Gasteiger partial charge in [0.05, 0.1) is 17.9 Å². The summed E-state index contributed by atoms with van der Waals surface area (Å²) >= 11 is 0. The lowest BCUT2D eigenvalue weighted by atomic mass is 10.1. The fourth-order valence-corrected chi connectivity index (χ4v) is 2.83. The van der Waals surface area contributed by atoms with Crippen LogP contribution < -0.4 is 11.1 Å². The lowest BCUT2D eigenvalue weighted by Gasteiger charge is -2.42. The van der Waals surface area contributed by atoms with Gasteiger partial charge in [-0.05, 0) is 45.5 Å². The highest BCUT2D eigenvalue weighted by molar-refractivity contribution is 5.95. The van der Waals surface area contributed by atoms with Crippen LogP contribution in [0.2, 0.25) is 0 Å². The number of nitrogens with one attached hydrogen (secondary N) is 1. The van der Waals surface area contributed by atoms with Gasteiger partial charge in [0.15, 0.2) is 0 Å². The molecule has 0 bridgehead atoms. The van der Waals surface area contributed by atoms with Gasteiger partial charge in [0.25, 0.3) is 0 Å². The standard InChI is InChI=1S/C16H26N4O/c1-11-5-6-15(14(17)7-11)18-16(21)10-20-8-12(2)19(4)13(3)9-20/h5-7,12-13H,8-10,17H2,1-4H3,(H,18,21). The molecule has 0 saturated carbocycles. The van der Waals surface area contributed by atoms with Crippen molar-refractivity contribution >= 4 is 17.3 Å². The number of aryl methyl sites for hydroxylation is 1. The lowest BCUT2D eigenvalue weighted by Crippen LogP contribution is -2.56. The summed E-state index contributed by atoms with van der Waals surface area (Å²) in [5.41, 5.74) is 8.33. The number of carbonyl (C=O) groups excluding carboxylic acids is 1. The third kappa shape index (κ3) is 3.95. The molecular weight excluding hydrogens is 264 g/mol. The van der Waals surface area contributed by atoms with Gasteiger partial charge in [-0.2, -0.15) is 0 Å². The zero-order valence-corrected chi connectivity index (χ0v) is 13.4. The fraction of sp³-hybridized carbons (Fsp3) is 0.562. The van der Waals surface area contributed by atoms with Gasteiger partial charge in [-0.1, -0.05) is 6.07 Å². The maximum absolute atomic E-state index is 12.2.